The Labute approximate surface area is 680 Å². The predicted octanol–water partition coefficient (Wildman–Crippen LogP) is 19.6. The highest BCUT2D eigenvalue weighted by molar-refractivity contribution is 5.74. The van der Waals surface area contributed by atoms with Crippen LogP contribution in [0, 0.1) is 47.5 Å². The third-order valence-corrected chi connectivity index (χ3v) is 21.1. The minimum Gasteiger partial charge on any atom is -0.241 e. The van der Waals surface area contributed by atoms with Crippen molar-refractivity contribution in [1.82, 2.24) is 49.8 Å². The molecule has 1 aliphatic carbocycles. The summed E-state index contributed by atoms with van der Waals surface area (Å²) in [7, 11) is 10.4. The number of hydrogen-bond acceptors (Lipinski definition) is 10. The molecular formula is C100H108N15+5. The van der Waals surface area contributed by atoms with E-state index in [1.807, 2.05) is 68.6 Å². The fraction of sp³-hybridized carbons (Fsp3) is 0.250. The van der Waals surface area contributed by atoms with E-state index in [4.69, 9.17) is 9.97 Å². The minimum atomic E-state index is 0.347. The molecule has 16 rings (SSSR count). The Morgan fingerprint density at radius 3 is 0.983 bits per heavy atom. The number of nitrogens with zero attached hydrogens (tertiary/aromatic N) is 15. The summed E-state index contributed by atoms with van der Waals surface area (Å²) in [6, 6.07) is 67.9. The second-order valence-electron chi connectivity index (χ2n) is 30.6. The fourth-order valence-corrected chi connectivity index (χ4v) is 14.3. The van der Waals surface area contributed by atoms with E-state index in [1.165, 1.54) is 110 Å². The molecule has 0 spiro atoms. The van der Waals surface area contributed by atoms with Gasteiger partial charge in [0.25, 0.3) is 0 Å². The van der Waals surface area contributed by atoms with Gasteiger partial charge in [-0.05, 0) is 147 Å². The van der Waals surface area contributed by atoms with Crippen LogP contribution in [0.4, 0.5) is 0 Å². The Morgan fingerprint density at radius 2 is 0.643 bits per heavy atom. The van der Waals surface area contributed by atoms with Crippen molar-refractivity contribution < 1.29 is 22.8 Å². The first-order valence-corrected chi connectivity index (χ1v) is 40.0. The number of aryl methyl sites for hydroxylation is 12. The van der Waals surface area contributed by atoms with Crippen molar-refractivity contribution in [3.05, 3.63) is 332 Å². The summed E-state index contributed by atoms with van der Waals surface area (Å²) in [5, 5.41) is 0. The number of hydrogen-bond donors (Lipinski definition) is 0. The number of benzene rings is 5. The van der Waals surface area contributed by atoms with E-state index in [-0.39, 0.29) is 0 Å². The van der Waals surface area contributed by atoms with Gasteiger partial charge in [-0.3, -0.25) is 0 Å². The molecule has 0 aliphatic heterocycles. The van der Waals surface area contributed by atoms with Crippen LogP contribution in [0.5, 0.6) is 0 Å². The molecule has 1 saturated carbocycles. The number of aromatic nitrogens is 15. The van der Waals surface area contributed by atoms with Crippen LogP contribution in [0.1, 0.15) is 129 Å². The van der Waals surface area contributed by atoms with Gasteiger partial charge in [-0.25, -0.2) is 72.7 Å². The van der Waals surface area contributed by atoms with Crippen molar-refractivity contribution in [2.24, 2.45) is 41.2 Å². The molecule has 0 unspecified atom stereocenters. The lowest BCUT2D eigenvalue weighted by Gasteiger charge is -2.10. The molecule has 15 heteroatoms. The highest BCUT2D eigenvalue weighted by atomic mass is 15.0. The smallest absolute Gasteiger partial charge is 0.213 e. The molecule has 0 atom stereocenters. The third-order valence-electron chi connectivity index (χ3n) is 21.1. The minimum absolute atomic E-state index is 0.347. The van der Waals surface area contributed by atoms with E-state index in [1.54, 1.807) is 0 Å². The van der Waals surface area contributed by atoms with Crippen LogP contribution < -0.4 is 22.8 Å². The molecule has 578 valence electrons. The van der Waals surface area contributed by atoms with Gasteiger partial charge in [0.1, 0.15) is 64.4 Å². The second kappa shape index (κ2) is 38.7. The monoisotopic (exact) mass is 1520 g/mol. The first-order valence-electron chi connectivity index (χ1n) is 40.0. The molecule has 115 heavy (non-hydrogen) atoms. The number of pyridine rings is 5. The molecule has 1 fully saturated rings. The van der Waals surface area contributed by atoms with Crippen molar-refractivity contribution in [3.63, 3.8) is 0 Å². The summed E-state index contributed by atoms with van der Waals surface area (Å²) >= 11 is 0. The van der Waals surface area contributed by atoms with Crippen molar-refractivity contribution in [2.45, 2.75) is 127 Å². The maximum absolute atomic E-state index is 4.89. The molecular weight excluding hydrogens is 1410 g/mol. The van der Waals surface area contributed by atoms with Crippen LogP contribution in [0.2, 0.25) is 0 Å². The molecule has 10 heterocycles. The van der Waals surface area contributed by atoms with Gasteiger partial charge in [-0.15, -0.1) is 0 Å². The van der Waals surface area contributed by atoms with Gasteiger partial charge in [0.05, 0.1) is 11.4 Å². The maximum Gasteiger partial charge on any atom is 0.213 e. The summed E-state index contributed by atoms with van der Waals surface area (Å²) in [4.78, 5) is 44.9. The molecule has 0 amide bonds. The first-order chi connectivity index (χ1) is 55.7. The summed E-state index contributed by atoms with van der Waals surface area (Å²) in [5.41, 5.74) is 29.4. The fourth-order valence-electron chi connectivity index (χ4n) is 14.3. The topological polar surface area (TPSA) is 148 Å². The van der Waals surface area contributed by atoms with Crippen LogP contribution in [0.15, 0.2) is 275 Å². The van der Waals surface area contributed by atoms with E-state index >= 15 is 0 Å². The Bertz CT molecular complexity index is 5790. The standard InChI is InChI=1S/C22H24N3.C21H24N3.C20H22N3.C19H20N3.C18H18N3/c1-16-7-3-6-10-19(16)21-15-18(12-14-25(21)2)20-11-13-23-22(24-20)17-8-4-5-9-17;1-15(2)13-21-22-11-9-19(23-21)17-10-12-24(4)20(14-17)18-8-6-5-7-16(18)3;1-14(2)20-21-12-17(13-22-20)16-9-10-23(4)19(11-16)18-8-6-5-7-15(18)3;1-4-19-20-12-16(13-21-19)15-9-10-22(3)18(11-15)17-8-6-5-7-14(17)2;1-13-6-4-5-7-17(13)18-10-15(8-9-21(18)3)16-11-19-14(2)20-12-16/h3,6-7,10-15,17H,4-5,8-9H2,1-2H3;5-12,14-15H,13H2,1-4H3;5-14H,1-4H3;5-13H,4H2,1-3H3;4-12H,1-3H3/q5*+1. The molecule has 0 bridgehead atoms. The van der Waals surface area contributed by atoms with Gasteiger partial charge in [0, 0.05) is 191 Å². The van der Waals surface area contributed by atoms with Crippen LogP contribution in [0.3, 0.4) is 0 Å². The van der Waals surface area contributed by atoms with E-state index in [9.17, 15) is 0 Å². The van der Waals surface area contributed by atoms with Gasteiger partial charge in [0.15, 0.2) is 31.0 Å². The maximum atomic E-state index is 4.89. The summed E-state index contributed by atoms with van der Waals surface area (Å²) in [6.07, 6.45) is 32.5. The normalized spacial score (nSPS) is 11.7. The third kappa shape index (κ3) is 20.9. The summed E-state index contributed by atoms with van der Waals surface area (Å²) in [6.45, 7) is 23.3. The zero-order valence-electron chi connectivity index (χ0n) is 69.7. The Kier molecular flexibility index (Phi) is 27.5. The Balaban J connectivity index is 0.000000133. The van der Waals surface area contributed by atoms with E-state index < -0.39 is 0 Å². The zero-order chi connectivity index (χ0) is 81.1. The Hall–Kier alpha value is -12.8. The van der Waals surface area contributed by atoms with Crippen LogP contribution in [-0.2, 0) is 48.1 Å². The quantitative estimate of drug-likeness (QED) is 0.0908. The molecule has 15 aromatic rings. The molecule has 1 aliphatic rings. The number of rotatable bonds is 15. The molecule has 0 saturated heterocycles. The van der Waals surface area contributed by atoms with Crippen molar-refractivity contribution >= 4 is 0 Å². The highest BCUT2D eigenvalue weighted by Crippen LogP contribution is 2.35. The molecule has 15 nitrogen and oxygen atoms in total. The van der Waals surface area contributed by atoms with Crippen molar-refractivity contribution in [2.75, 3.05) is 0 Å². The summed E-state index contributed by atoms with van der Waals surface area (Å²) in [5.74, 6) is 5.92. The van der Waals surface area contributed by atoms with E-state index in [0.29, 0.717) is 17.8 Å². The van der Waals surface area contributed by atoms with Gasteiger partial charge in [0.2, 0.25) is 28.5 Å². The lowest BCUT2D eigenvalue weighted by atomic mass is 10.0. The van der Waals surface area contributed by atoms with Gasteiger partial charge >= 0.3 is 0 Å². The highest BCUT2D eigenvalue weighted by Gasteiger charge is 2.23. The summed E-state index contributed by atoms with van der Waals surface area (Å²) < 4.78 is 10.8. The van der Waals surface area contributed by atoms with E-state index in [2.05, 4.69) is 380 Å². The van der Waals surface area contributed by atoms with Gasteiger partial charge in [-0.1, -0.05) is 138 Å². The second-order valence-corrected chi connectivity index (χ2v) is 30.6. The van der Waals surface area contributed by atoms with Gasteiger partial charge in [-0.2, -0.15) is 0 Å². The van der Waals surface area contributed by atoms with Crippen LogP contribution >= 0.6 is 0 Å². The molecule has 10 aromatic heterocycles. The van der Waals surface area contributed by atoms with E-state index in [0.717, 1.165) is 97.9 Å². The lowest BCUT2D eigenvalue weighted by Crippen LogP contribution is -2.30. The molecule has 0 N–H and O–H groups in total. The first kappa shape index (κ1) is 81.7. The van der Waals surface area contributed by atoms with Crippen molar-refractivity contribution in [1.29, 1.82) is 0 Å². The average molecular weight is 1520 g/mol. The molecule has 0 radical (unpaired) electrons. The van der Waals surface area contributed by atoms with Crippen LogP contribution in [0.25, 0.3) is 112 Å². The van der Waals surface area contributed by atoms with Gasteiger partial charge < -0.3 is 0 Å². The SMILES string of the molecule is CCc1ncc(-c2cc[n+](C)c(-c3ccccc3C)c2)cn1.Cc1ccccc1-c1cc(-c2ccnc(C3CCCC3)n2)cc[n+]1C.Cc1ccccc1-c1cc(-c2ccnc(CC(C)C)n2)cc[n+]1C.Cc1ccccc1-c1cc(-c2cnc(C(C)C)nc2)cc[n+]1C.Cc1ncc(-c2cc[n+](C)c(-c3ccccc3C)c2)cn1. The average Bonchev–Trinajstić information content (AvgIpc) is 1.72. The molecule has 5 aromatic carbocycles. The predicted molar refractivity (Wildman–Crippen MR) is 462 cm³/mol. The largest absolute Gasteiger partial charge is 0.241 e. The Morgan fingerprint density at radius 1 is 0.330 bits per heavy atom. The van der Waals surface area contributed by atoms with Crippen LogP contribution in [-0.4, -0.2) is 49.8 Å². The lowest BCUT2D eigenvalue weighted by molar-refractivity contribution is -0.660. The zero-order valence-corrected chi connectivity index (χ0v) is 69.7. The van der Waals surface area contributed by atoms with Crippen molar-refractivity contribution in [3.8, 4) is 112 Å².